The van der Waals surface area contributed by atoms with Gasteiger partial charge in [-0.1, -0.05) is 13.8 Å². The Morgan fingerprint density at radius 2 is 1.60 bits per heavy atom. The van der Waals surface area contributed by atoms with Crippen molar-refractivity contribution < 1.29 is 37.5 Å². The summed E-state index contributed by atoms with van der Waals surface area (Å²) in [6.07, 6.45) is 0. The summed E-state index contributed by atoms with van der Waals surface area (Å²) in [7, 11) is 0. The average molecular weight is 292 g/mol. The summed E-state index contributed by atoms with van der Waals surface area (Å²) in [6.45, 7) is 15.1. The predicted molar refractivity (Wildman–Crippen MR) is 61.9 cm³/mol. The average Bonchev–Trinajstić information content (AvgIpc) is 1.84. The van der Waals surface area contributed by atoms with Gasteiger partial charge in [0, 0.05) is 38.8 Å². The van der Waals surface area contributed by atoms with Crippen LogP contribution in [-0.4, -0.2) is 29.4 Å². The molecular weight excluding hydrogens is 267 g/mol. The van der Waals surface area contributed by atoms with Gasteiger partial charge in [-0.3, -0.25) is 0 Å². The number of amides is 1. The molecule has 5 heteroatoms. The molecule has 1 amide bonds. The maximum atomic E-state index is 10.6. The second-order valence-corrected chi connectivity index (χ2v) is 3.42. The molecule has 0 saturated carbocycles. The van der Waals surface area contributed by atoms with E-state index in [4.69, 9.17) is 5.73 Å². The van der Waals surface area contributed by atoms with Crippen molar-refractivity contribution in [3.63, 3.8) is 0 Å². The van der Waals surface area contributed by atoms with Crippen molar-refractivity contribution in [1.82, 2.24) is 11.1 Å². The molecule has 0 aromatic carbocycles. The third kappa shape index (κ3) is 20.4. The van der Waals surface area contributed by atoms with E-state index >= 15 is 0 Å². The van der Waals surface area contributed by atoms with Crippen molar-refractivity contribution in [3.8, 4) is 0 Å². The van der Waals surface area contributed by atoms with Crippen LogP contribution in [0.2, 0.25) is 0 Å². The zero-order valence-electron chi connectivity index (χ0n) is 10.5. The Bertz CT molecular complexity index is 138. The molecular formula is C10H25N3OY-2. The molecule has 0 aliphatic heterocycles. The monoisotopic (exact) mass is 292 g/mol. The van der Waals surface area contributed by atoms with Crippen molar-refractivity contribution in [1.29, 1.82) is 0 Å². The Labute approximate surface area is 120 Å². The number of nitrogens with two attached hydrogens (primary N) is 1. The van der Waals surface area contributed by atoms with Crippen LogP contribution in [0.25, 0.3) is 0 Å². The van der Waals surface area contributed by atoms with E-state index in [0.29, 0.717) is 12.6 Å². The fraction of sp³-hybridized carbons (Fsp3) is 0.700. The molecule has 4 nitrogen and oxygen atoms in total. The summed E-state index contributed by atoms with van der Waals surface area (Å²) < 4.78 is 0. The van der Waals surface area contributed by atoms with Gasteiger partial charge in [-0.25, -0.2) is 0 Å². The van der Waals surface area contributed by atoms with Crippen molar-refractivity contribution >= 4 is 5.91 Å². The Balaban J connectivity index is -0.0000000883. The fourth-order valence-electron chi connectivity index (χ4n) is 0.671. The second-order valence-electron chi connectivity index (χ2n) is 3.42. The van der Waals surface area contributed by atoms with Crippen molar-refractivity contribution in [2.45, 2.75) is 39.8 Å². The van der Waals surface area contributed by atoms with Crippen LogP contribution in [0.15, 0.2) is 0 Å². The van der Waals surface area contributed by atoms with E-state index in [0.717, 1.165) is 0 Å². The number of nitrogens with zero attached hydrogens (tertiary/aromatic N) is 1. The Kier molecular flexibility index (Phi) is 23.5. The van der Waals surface area contributed by atoms with Gasteiger partial charge in [0.15, 0.2) is 0 Å². The topological polar surface area (TPSA) is 81.3 Å². The summed E-state index contributed by atoms with van der Waals surface area (Å²) >= 11 is 0. The minimum atomic E-state index is -0.153. The van der Waals surface area contributed by atoms with Gasteiger partial charge >= 0.3 is 0 Å². The number of carbonyl (C=O) groups is 1. The van der Waals surface area contributed by atoms with Crippen LogP contribution in [0.1, 0.15) is 27.7 Å². The van der Waals surface area contributed by atoms with Crippen LogP contribution < -0.4 is 11.9 Å². The summed E-state index contributed by atoms with van der Waals surface area (Å²) in [5, 5.41) is 0. The molecule has 0 spiro atoms. The minimum absolute atomic E-state index is 0. The molecule has 0 unspecified atom stereocenters. The number of carbonyl (C=O) groups excluding carboxylic acids is 1. The first-order valence-electron chi connectivity index (χ1n) is 4.50. The van der Waals surface area contributed by atoms with E-state index in [-0.39, 0.29) is 50.8 Å². The SMILES string of the molecule is CC(C)N.N.[CH2-]CN(C([CH2-])=O)C(C)C.[Y]. The Hall–Kier alpha value is 0.364. The van der Waals surface area contributed by atoms with Crippen LogP contribution in [-0.2, 0) is 37.5 Å². The van der Waals surface area contributed by atoms with Gasteiger partial charge in [-0.05, 0) is 19.9 Å². The quantitative estimate of drug-likeness (QED) is 0.755. The van der Waals surface area contributed by atoms with E-state index in [2.05, 4.69) is 13.8 Å². The maximum absolute atomic E-state index is 10.6. The molecule has 0 aliphatic carbocycles. The van der Waals surface area contributed by atoms with Crippen LogP contribution in [0.3, 0.4) is 0 Å². The van der Waals surface area contributed by atoms with Crippen molar-refractivity contribution in [3.05, 3.63) is 13.8 Å². The molecule has 91 valence electrons. The summed E-state index contributed by atoms with van der Waals surface area (Å²) in [4.78, 5) is 12.2. The molecule has 0 heterocycles. The normalized spacial score (nSPS) is 8.27. The number of hydrogen-bond donors (Lipinski definition) is 2. The van der Waals surface area contributed by atoms with E-state index in [9.17, 15) is 4.79 Å². The zero-order valence-corrected chi connectivity index (χ0v) is 13.3. The van der Waals surface area contributed by atoms with Crippen LogP contribution in [0.5, 0.6) is 0 Å². The standard InChI is InChI=1S/C7H13NO.C3H9N.H3N.Y/c1-5-8(6(2)3)7(4)9;1-3(2)4;;/h6H,1,4-5H2,2-3H3;3H,4H2,1-2H3;1H3;/q-2;;;. The first-order chi connectivity index (χ1) is 5.82. The molecule has 0 aromatic heterocycles. The fourth-order valence-corrected chi connectivity index (χ4v) is 0.671. The molecule has 0 atom stereocenters. The first kappa shape index (κ1) is 24.5. The predicted octanol–water partition coefficient (Wildman–Crippen LogP) is 1.40. The Morgan fingerprint density at radius 1 is 1.33 bits per heavy atom. The first-order valence-corrected chi connectivity index (χ1v) is 4.50. The number of rotatable bonds is 2. The number of hydrogen-bond acceptors (Lipinski definition) is 3. The molecule has 0 saturated heterocycles. The van der Waals surface area contributed by atoms with Crippen molar-refractivity contribution in [2.75, 3.05) is 6.54 Å². The van der Waals surface area contributed by atoms with E-state index in [1.807, 2.05) is 27.7 Å². The smallest absolute Gasteiger partial charge is 0.0801 e. The maximum Gasteiger partial charge on any atom is 0.0801 e. The van der Waals surface area contributed by atoms with Crippen molar-refractivity contribution in [2.24, 2.45) is 5.73 Å². The van der Waals surface area contributed by atoms with Gasteiger partial charge in [0.25, 0.3) is 0 Å². The van der Waals surface area contributed by atoms with Gasteiger partial charge in [-0.2, -0.15) is 0 Å². The minimum Gasteiger partial charge on any atom is -0.395 e. The molecule has 0 rings (SSSR count). The molecule has 0 fully saturated rings. The van der Waals surface area contributed by atoms with Gasteiger partial charge in [0.05, 0.1) is 5.91 Å². The van der Waals surface area contributed by atoms with Gasteiger partial charge in [0.2, 0.25) is 0 Å². The van der Waals surface area contributed by atoms with E-state index in [1.54, 1.807) is 4.90 Å². The van der Waals surface area contributed by atoms with E-state index < -0.39 is 0 Å². The zero-order chi connectivity index (χ0) is 11.0. The summed E-state index contributed by atoms with van der Waals surface area (Å²) in [5.74, 6) is -0.153. The van der Waals surface area contributed by atoms with Gasteiger partial charge in [0.1, 0.15) is 0 Å². The molecule has 15 heavy (non-hydrogen) atoms. The summed E-state index contributed by atoms with van der Waals surface area (Å²) in [5.41, 5.74) is 5.11. The molecule has 1 radical (unpaired) electrons. The molecule has 0 aliphatic rings. The van der Waals surface area contributed by atoms with Crippen LogP contribution >= 0.6 is 0 Å². The molecule has 0 aromatic rings. The van der Waals surface area contributed by atoms with E-state index in [1.165, 1.54) is 0 Å². The van der Waals surface area contributed by atoms with Gasteiger partial charge < -0.3 is 35.4 Å². The third-order valence-electron chi connectivity index (χ3n) is 1.18. The van der Waals surface area contributed by atoms with Gasteiger partial charge in [-0.15, -0.1) is 6.54 Å². The van der Waals surface area contributed by atoms with Crippen LogP contribution in [0, 0.1) is 13.8 Å². The second kappa shape index (κ2) is 14.4. The third-order valence-corrected chi connectivity index (χ3v) is 1.18. The summed E-state index contributed by atoms with van der Waals surface area (Å²) in [6, 6.07) is 0.549. The molecule has 0 bridgehead atoms. The van der Waals surface area contributed by atoms with Crippen LogP contribution in [0.4, 0.5) is 0 Å². The largest absolute Gasteiger partial charge is 0.395 e. The molecule has 5 N–H and O–H groups in total. The Morgan fingerprint density at radius 3 is 1.60 bits per heavy atom.